The molecule has 2 aromatic rings. The molecule has 2 aromatic carbocycles. The first-order chi connectivity index (χ1) is 12.4. The average molecular weight is 355 g/mol. The van der Waals surface area contributed by atoms with Crippen molar-refractivity contribution in [2.75, 3.05) is 7.11 Å². The lowest BCUT2D eigenvalue weighted by Gasteiger charge is -2.35. The Hall–Kier alpha value is -3.15. The van der Waals surface area contributed by atoms with Crippen LogP contribution in [0.5, 0.6) is 5.75 Å². The van der Waals surface area contributed by atoms with E-state index in [1.165, 1.54) is 23.1 Å². The Labute approximate surface area is 150 Å². The van der Waals surface area contributed by atoms with E-state index >= 15 is 0 Å². The minimum atomic E-state index is -1.61. The summed E-state index contributed by atoms with van der Waals surface area (Å²) >= 11 is 0. The van der Waals surface area contributed by atoms with E-state index in [0.29, 0.717) is 5.75 Å². The monoisotopic (exact) mass is 355 g/mol. The number of nitrogens with zero attached hydrogens (tertiary/aromatic N) is 1. The lowest BCUT2D eigenvalue weighted by Crippen LogP contribution is -2.49. The number of halogens is 1. The molecule has 1 amide bonds. The standard InChI is InChI=1S/C20H18FNO4/c1-3-10-20(19(24)25)17-9-6-14(21)11-16(17)18(23)22(20)12-13-4-7-15(26-2)8-5-13/h3-9,11H,1,10,12H2,2H3,(H,24,25)/t20-/m1/s1. The van der Waals surface area contributed by atoms with Gasteiger partial charge in [-0.15, -0.1) is 6.58 Å². The summed E-state index contributed by atoms with van der Waals surface area (Å²) in [5, 5.41) is 10.0. The Bertz CT molecular complexity index is 878. The van der Waals surface area contributed by atoms with E-state index in [-0.39, 0.29) is 24.1 Å². The molecule has 0 aliphatic carbocycles. The fourth-order valence-corrected chi connectivity index (χ4v) is 3.39. The summed E-state index contributed by atoms with van der Waals surface area (Å²) in [4.78, 5) is 26.4. The Morgan fingerprint density at radius 2 is 2.00 bits per heavy atom. The quantitative estimate of drug-likeness (QED) is 0.807. The molecule has 1 atom stereocenters. The van der Waals surface area contributed by atoms with Crippen molar-refractivity contribution in [2.24, 2.45) is 0 Å². The van der Waals surface area contributed by atoms with Crippen LogP contribution in [-0.2, 0) is 16.9 Å². The van der Waals surface area contributed by atoms with Crippen molar-refractivity contribution < 1.29 is 23.8 Å². The molecule has 0 unspecified atom stereocenters. The van der Waals surface area contributed by atoms with E-state index < -0.39 is 23.2 Å². The van der Waals surface area contributed by atoms with E-state index in [2.05, 4.69) is 6.58 Å². The molecule has 6 heteroatoms. The first-order valence-electron chi connectivity index (χ1n) is 8.03. The second-order valence-corrected chi connectivity index (χ2v) is 6.09. The van der Waals surface area contributed by atoms with Crippen molar-refractivity contribution in [1.29, 1.82) is 0 Å². The Morgan fingerprint density at radius 1 is 1.31 bits per heavy atom. The van der Waals surface area contributed by atoms with Crippen LogP contribution in [0.25, 0.3) is 0 Å². The number of hydrogen-bond acceptors (Lipinski definition) is 3. The first kappa shape index (κ1) is 17.7. The van der Waals surface area contributed by atoms with Crippen LogP contribution < -0.4 is 4.74 Å². The highest BCUT2D eigenvalue weighted by atomic mass is 19.1. The molecule has 0 radical (unpaired) electrons. The molecule has 0 bridgehead atoms. The Kier molecular flexibility index (Phi) is 4.50. The zero-order valence-corrected chi connectivity index (χ0v) is 14.2. The molecule has 1 N–H and O–H groups in total. The predicted molar refractivity (Wildman–Crippen MR) is 93.4 cm³/mol. The summed E-state index contributed by atoms with van der Waals surface area (Å²) in [5.41, 5.74) is -0.517. The van der Waals surface area contributed by atoms with Gasteiger partial charge in [-0.2, -0.15) is 0 Å². The second-order valence-electron chi connectivity index (χ2n) is 6.09. The molecule has 1 aliphatic heterocycles. The van der Waals surface area contributed by atoms with Crippen LogP contribution in [0, 0.1) is 5.82 Å². The third-order valence-electron chi connectivity index (χ3n) is 4.66. The van der Waals surface area contributed by atoms with Gasteiger partial charge in [0, 0.05) is 24.1 Å². The van der Waals surface area contributed by atoms with Crippen LogP contribution in [0.3, 0.4) is 0 Å². The molecular formula is C20H18FNO4. The lowest BCUT2D eigenvalue weighted by atomic mass is 9.86. The first-order valence-corrected chi connectivity index (χ1v) is 8.03. The van der Waals surface area contributed by atoms with Gasteiger partial charge in [0.15, 0.2) is 5.54 Å². The van der Waals surface area contributed by atoms with Crippen LogP contribution in [-0.4, -0.2) is 29.0 Å². The maximum Gasteiger partial charge on any atom is 0.334 e. The molecule has 3 rings (SSSR count). The van der Waals surface area contributed by atoms with Crippen molar-refractivity contribution in [3.05, 3.63) is 77.6 Å². The van der Waals surface area contributed by atoms with E-state index in [9.17, 15) is 19.1 Å². The van der Waals surface area contributed by atoms with Gasteiger partial charge in [0.2, 0.25) is 0 Å². The number of carbonyl (C=O) groups is 2. The number of carboxylic acid groups (broad SMARTS) is 1. The van der Waals surface area contributed by atoms with Crippen LogP contribution in [0.2, 0.25) is 0 Å². The molecule has 1 heterocycles. The highest BCUT2D eigenvalue weighted by Crippen LogP contribution is 2.43. The summed E-state index contributed by atoms with van der Waals surface area (Å²) in [7, 11) is 1.55. The minimum Gasteiger partial charge on any atom is -0.497 e. The zero-order valence-electron chi connectivity index (χ0n) is 14.2. The third-order valence-corrected chi connectivity index (χ3v) is 4.66. The van der Waals surface area contributed by atoms with E-state index in [0.717, 1.165) is 11.6 Å². The number of hydrogen-bond donors (Lipinski definition) is 1. The molecule has 0 aromatic heterocycles. The molecular weight excluding hydrogens is 337 g/mol. The number of carboxylic acids is 1. The predicted octanol–water partition coefficient (Wildman–Crippen LogP) is 3.35. The van der Waals surface area contributed by atoms with Gasteiger partial charge >= 0.3 is 5.97 Å². The maximum absolute atomic E-state index is 13.7. The maximum atomic E-state index is 13.7. The van der Waals surface area contributed by atoms with Gasteiger partial charge < -0.3 is 14.7 Å². The van der Waals surface area contributed by atoms with Crippen LogP contribution in [0.4, 0.5) is 4.39 Å². The number of rotatable bonds is 6. The number of benzene rings is 2. The summed E-state index contributed by atoms with van der Waals surface area (Å²) in [5.74, 6) is -1.62. The number of carbonyl (C=O) groups excluding carboxylic acids is 1. The zero-order chi connectivity index (χ0) is 18.9. The van der Waals surface area contributed by atoms with Crippen LogP contribution in [0.1, 0.15) is 27.9 Å². The smallest absolute Gasteiger partial charge is 0.334 e. The largest absolute Gasteiger partial charge is 0.497 e. The van der Waals surface area contributed by atoms with E-state index in [4.69, 9.17) is 4.74 Å². The van der Waals surface area contributed by atoms with Gasteiger partial charge in [-0.3, -0.25) is 4.79 Å². The summed E-state index contributed by atoms with van der Waals surface area (Å²) in [6, 6.07) is 10.6. The highest BCUT2D eigenvalue weighted by Gasteiger charge is 2.54. The number of ether oxygens (including phenoxy) is 1. The fraction of sp³-hybridized carbons (Fsp3) is 0.200. The van der Waals surface area contributed by atoms with Crippen molar-refractivity contribution in [1.82, 2.24) is 4.90 Å². The second kappa shape index (κ2) is 6.63. The number of amides is 1. The van der Waals surface area contributed by atoms with Gasteiger partial charge in [0.25, 0.3) is 5.91 Å². The van der Waals surface area contributed by atoms with Crippen LogP contribution >= 0.6 is 0 Å². The van der Waals surface area contributed by atoms with Crippen molar-refractivity contribution >= 4 is 11.9 Å². The van der Waals surface area contributed by atoms with Gasteiger partial charge in [-0.25, -0.2) is 9.18 Å². The minimum absolute atomic E-state index is 0.0167. The van der Waals surface area contributed by atoms with E-state index in [1.807, 2.05) is 0 Å². The van der Waals surface area contributed by atoms with Gasteiger partial charge in [-0.1, -0.05) is 24.3 Å². The summed E-state index contributed by atoms with van der Waals surface area (Å²) < 4.78 is 18.8. The average Bonchev–Trinajstić information content (AvgIpc) is 2.86. The Balaban J connectivity index is 2.10. The highest BCUT2D eigenvalue weighted by molar-refractivity contribution is 6.05. The van der Waals surface area contributed by atoms with Gasteiger partial charge in [-0.05, 0) is 29.8 Å². The van der Waals surface area contributed by atoms with Crippen LogP contribution in [0.15, 0.2) is 55.1 Å². The summed E-state index contributed by atoms with van der Waals surface area (Å²) in [6.45, 7) is 3.71. The molecule has 1 aliphatic rings. The topological polar surface area (TPSA) is 66.8 Å². The van der Waals surface area contributed by atoms with Crippen molar-refractivity contribution in [3.8, 4) is 5.75 Å². The SMILES string of the molecule is C=CC[C@]1(C(=O)O)c2ccc(F)cc2C(=O)N1Cc1ccc(OC)cc1. The third kappa shape index (κ3) is 2.63. The number of fused-ring (bicyclic) bond motifs is 1. The molecule has 0 fully saturated rings. The van der Waals surface area contributed by atoms with Crippen molar-refractivity contribution in [3.63, 3.8) is 0 Å². The molecule has 0 saturated carbocycles. The van der Waals surface area contributed by atoms with E-state index in [1.54, 1.807) is 31.4 Å². The molecule has 134 valence electrons. The normalized spacial score (nSPS) is 18.5. The van der Waals surface area contributed by atoms with Crippen molar-refractivity contribution in [2.45, 2.75) is 18.5 Å². The Morgan fingerprint density at radius 3 is 2.58 bits per heavy atom. The number of aliphatic carboxylic acids is 1. The van der Waals surface area contributed by atoms with Gasteiger partial charge in [0.05, 0.1) is 7.11 Å². The molecule has 0 saturated heterocycles. The lowest BCUT2D eigenvalue weighted by molar-refractivity contribution is -0.150. The number of methoxy groups -OCH3 is 1. The molecule has 5 nitrogen and oxygen atoms in total. The van der Waals surface area contributed by atoms with Gasteiger partial charge in [0.1, 0.15) is 11.6 Å². The molecule has 0 spiro atoms. The molecule has 26 heavy (non-hydrogen) atoms. The summed E-state index contributed by atoms with van der Waals surface area (Å²) in [6.07, 6.45) is 1.48. The fourth-order valence-electron chi connectivity index (χ4n) is 3.39.